The second-order valence-corrected chi connectivity index (χ2v) is 10.2. The molecule has 0 aliphatic heterocycles. The van der Waals surface area contributed by atoms with Crippen LogP contribution < -0.4 is 16.4 Å². The van der Waals surface area contributed by atoms with Crippen molar-refractivity contribution in [3.05, 3.63) is 30.1 Å². The lowest BCUT2D eigenvalue weighted by atomic mass is 9.53. The van der Waals surface area contributed by atoms with Gasteiger partial charge in [0, 0.05) is 25.5 Å². The summed E-state index contributed by atoms with van der Waals surface area (Å²) < 4.78 is 5.37. The molecule has 7 nitrogen and oxygen atoms in total. The van der Waals surface area contributed by atoms with Crippen LogP contribution in [0.3, 0.4) is 0 Å². The SMILES string of the molecule is CC(C)(C)OC(=O)NCC12CCC(CNC(=O)[C@@H](N)Cc3ccncc3)(CC1)CC2. The van der Waals surface area contributed by atoms with Crippen LogP contribution in [0, 0.1) is 10.8 Å². The molecule has 4 rings (SSSR count). The Morgan fingerprint density at radius 2 is 1.53 bits per heavy atom. The maximum Gasteiger partial charge on any atom is 0.407 e. The molecule has 0 aromatic carbocycles. The summed E-state index contributed by atoms with van der Waals surface area (Å²) in [5.41, 5.74) is 6.98. The van der Waals surface area contributed by atoms with Gasteiger partial charge in [-0.15, -0.1) is 0 Å². The van der Waals surface area contributed by atoms with Crippen LogP contribution in [-0.2, 0) is 16.0 Å². The number of fused-ring (bicyclic) bond motifs is 3. The third-order valence-electron chi connectivity index (χ3n) is 6.74. The van der Waals surface area contributed by atoms with Crippen molar-refractivity contribution in [1.29, 1.82) is 0 Å². The standard InChI is InChI=1S/C23H36N4O3/c1-21(2,3)30-20(29)27-16-23-9-6-22(7-10-23,8-11-23)15-26-19(28)18(24)14-17-4-12-25-13-5-17/h4-5,12-13,18H,6-11,14-16,24H2,1-3H3,(H,26,28)(H,27,29)/t18-,22?,23?/m0/s1. The summed E-state index contributed by atoms with van der Waals surface area (Å²) in [6, 6.07) is 3.23. The van der Waals surface area contributed by atoms with E-state index in [1.807, 2.05) is 32.9 Å². The molecule has 166 valence electrons. The van der Waals surface area contributed by atoms with Gasteiger partial charge in [-0.3, -0.25) is 9.78 Å². The second kappa shape index (κ2) is 8.92. The molecule has 0 spiro atoms. The van der Waals surface area contributed by atoms with Gasteiger partial charge in [0.2, 0.25) is 5.91 Å². The van der Waals surface area contributed by atoms with E-state index >= 15 is 0 Å². The van der Waals surface area contributed by atoms with Gasteiger partial charge in [0.15, 0.2) is 0 Å². The molecule has 2 bridgehead atoms. The Hall–Kier alpha value is -2.15. The van der Waals surface area contributed by atoms with E-state index in [-0.39, 0.29) is 22.8 Å². The summed E-state index contributed by atoms with van der Waals surface area (Å²) in [6.45, 7) is 6.97. The van der Waals surface area contributed by atoms with Crippen LogP contribution in [0.2, 0.25) is 0 Å². The van der Waals surface area contributed by atoms with Crippen LogP contribution in [0.15, 0.2) is 24.5 Å². The number of aromatic nitrogens is 1. The average Bonchev–Trinajstić information content (AvgIpc) is 2.72. The predicted octanol–water partition coefficient (Wildman–Crippen LogP) is 2.93. The number of carbonyl (C=O) groups is 2. The summed E-state index contributed by atoms with van der Waals surface area (Å²) in [5, 5.41) is 6.08. The van der Waals surface area contributed by atoms with E-state index in [1.165, 1.54) is 0 Å². The van der Waals surface area contributed by atoms with Gasteiger partial charge in [-0.05, 0) is 94.2 Å². The number of alkyl carbamates (subject to hydrolysis) is 1. The summed E-state index contributed by atoms with van der Waals surface area (Å²) in [4.78, 5) is 28.5. The molecule has 4 N–H and O–H groups in total. The van der Waals surface area contributed by atoms with Gasteiger partial charge in [-0.1, -0.05) is 0 Å². The lowest BCUT2D eigenvalue weighted by molar-refractivity contribution is -0.123. The third-order valence-corrected chi connectivity index (χ3v) is 6.74. The molecule has 30 heavy (non-hydrogen) atoms. The number of ether oxygens (including phenoxy) is 1. The zero-order valence-electron chi connectivity index (χ0n) is 18.5. The number of nitrogens with zero attached hydrogens (tertiary/aromatic N) is 1. The number of hydrogen-bond donors (Lipinski definition) is 3. The highest BCUT2D eigenvalue weighted by Crippen LogP contribution is 2.56. The summed E-state index contributed by atoms with van der Waals surface area (Å²) in [6.07, 6.45) is 10.0. The number of hydrogen-bond acceptors (Lipinski definition) is 5. The first-order chi connectivity index (χ1) is 14.1. The van der Waals surface area contributed by atoms with E-state index in [2.05, 4.69) is 15.6 Å². The van der Waals surface area contributed by atoms with Gasteiger partial charge in [-0.2, -0.15) is 0 Å². The van der Waals surface area contributed by atoms with Crippen LogP contribution >= 0.6 is 0 Å². The molecule has 0 unspecified atom stereocenters. The molecule has 7 heteroatoms. The molecule has 1 aromatic rings. The van der Waals surface area contributed by atoms with Crippen LogP contribution in [-0.4, -0.2) is 41.7 Å². The Morgan fingerprint density at radius 3 is 2.03 bits per heavy atom. The van der Waals surface area contributed by atoms with Crippen LogP contribution in [0.1, 0.15) is 64.9 Å². The monoisotopic (exact) mass is 416 g/mol. The fraction of sp³-hybridized carbons (Fsp3) is 0.696. The molecule has 3 aliphatic carbocycles. The van der Waals surface area contributed by atoms with Crippen LogP contribution in [0.25, 0.3) is 0 Å². The number of amides is 2. The molecule has 0 saturated heterocycles. The second-order valence-electron chi connectivity index (χ2n) is 10.2. The van der Waals surface area contributed by atoms with Gasteiger partial charge < -0.3 is 21.1 Å². The van der Waals surface area contributed by atoms with Crippen molar-refractivity contribution < 1.29 is 14.3 Å². The van der Waals surface area contributed by atoms with E-state index < -0.39 is 11.6 Å². The minimum absolute atomic E-state index is 0.0878. The first-order valence-corrected chi connectivity index (χ1v) is 11.0. The predicted molar refractivity (Wildman–Crippen MR) is 116 cm³/mol. The molecule has 3 aliphatic rings. The Kier molecular flexibility index (Phi) is 6.70. The molecule has 1 atom stereocenters. The highest BCUT2D eigenvalue weighted by molar-refractivity contribution is 5.81. The van der Waals surface area contributed by atoms with Crippen molar-refractivity contribution in [2.45, 2.75) is 77.4 Å². The molecular formula is C23H36N4O3. The van der Waals surface area contributed by atoms with Gasteiger partial charge in [0.05, 0.1) is 6.04 Å². The summed E-state index contributed by atoms with van der Waals surface area (Å²) in [7, 11) is 0. The first-order valence-electron chi connectivity index (χ1n) is 11.0. The average molecular weight is 417 g/mol. The van der Waals surface area contributed by atoms with Gasteiger partial charge in [-0.25, -0.2) is 4.79 Å². The van der Waals surface area contributed by atoms with E-state index in [1.54, 1.807) is 12.4 Å². The fourth-order valence-corrected chi connectivity index (χ4v) is 4.72. The molecule has 3 fully saturated rings. The van der Waals surface area contributed by atoms with E-state index in [0.29, 0.717) is 19.5 Å². The highest BCUT2D eigenvalue weighted by atomic mass is 16.6. The molecule has 1 aromatic heterocycles. The zero-order chi connectivity index (χ0) is 21.8. The van der Waals surface area contributed by atoms with Crippen molar-refractivity contribution >= 4 is 12.0 Å². The number of rotatable bonds is 7. The smallest absolute Gasteiger partial charge is 0.407 e. The van der Waals surface area contributed by atoms with Crippen molar-refractivity contribution in [3.8, 4) is 0 Å². The third kappa shape index (κ3) is 5.94. The van der Waals surface area contributed by atoms with Crippen molar-refractivity contribution in [2.75, 3.05) is 13.1 Å². The normalized spacial score (nSPS) is 26.7. The van der Waals surface area contributed by atoms with Crippen molar-refractivity contribution in [1.82, 2.24) is 15.6 Å². The summed E-state index contributed by atoms with van der Waals surface area (Å²) in [5.74, 6) is -0.0878. The van der Waals surface area contributed by atoms with Crippen LogP contribution in [0.5, 0.6) is 0 Å². The number of carbonyl (C=O) groups excluding carboxylic acids is 2. The Labute approximate surface area is 179 Å². The van der Waals surface area contributed by atoms with Gasteiger partial charge >= 0.3 is 6.09 Å². The van der Waals surface area contributed by atoms with E-state index in [0.717, 1.165) is 44.1 Å². The minimum Gasteiger partial charge on any atom is -0.444 e. The molecule has 0 radical (unpaired) electrons. The maximum atomic E-state index is 12.5. The number of nitrogens with two attached hydrogens (primary N) is 1. The lowest BCUT2D eigenvalue weighted by Crippen LogP contribution is -2.53. The van der Waals surface area contributed by atoms with Gasteiger partial charge in [0.1, 0.15) is 5.60 Å². The lowest BCUT2D eigenvalue weighted by Gasteiger charge is -2.53. The topological polar surface area (TPSA) is 106 Å². The van der Waals surface area contributed by atoms with E-state index in [4.69, 9.17) is 10.5 Å². The Balaban J connectivity index is 1.43. The zero-order valence-corrected chi connectivity index (χ0v) is 18.5. The number of nitrogens with one attached hydrogen (secondary N) is 2. The van der Waals surface area contributed by atoms with Gasteiger partial charge in [0.25, 0.3) is 0 Å². The number of pyridine rings is 1. The largest absolute Gasteiger partial charge is 0.444 e. The maximum absolute atomic E-state index is 12.5. The molecule has 1 heterocycles. The van der Waals surface area contributed by atoms with Crippen molar-refractivity contribution in [2.24, 2.45) is 16.6 Å². The fourth-order valence-electron chi connectivity index (χ4n) is 4.72. The Bertz CT molecular complexity index is 720. The molecular weight excluding hydrogens is 380 g/mol. The highest BCUT2D eigenvalue weighted by Gasteiger charge is 2.48. The Morgan fingerprint density at radius 1 is 1.03 bits per heavy atom. The summed E-state index contributed by atoms with van der Waals surface area (Å²) >= 11 is 0. The molecule has 2 amide bonds. The first kappa shape index (κ1) is 22.5. The molecule has 3 saturated carbocycles. The van der Waals surface area contributed by atoms with E-state index in [9.17, 15) is 9.59 Å². The quantitative estimate of drug-likeness (QED) is 0.634. The minimum atomic E-state index is -0.548. The van der Waals surface area contributed by atoms with Crippen LogP contribution in [0.4, 0.5) is 4.79 Å². The van der Waals surface area contributed by atoms with Crippen molar-refractivity contribution in [3.63, 3.8) is 0 Å².